The van der Waals surface area contributed by atoms with Gasteiger partial charge in [-0.25, -0.2) is 0 Å². The minimum Gasteiger partial charge on any atom is -0.364 e. The molecule has 2 aliphatic rings. The third-order valence-corrected chi connectivity index (χ3v) is 5.76. The molecule has 0 bridgehead atoms. The van der Waals surface area contributed by atoms with Crippen molar-refractivity contribution in [2.75, 3.05) is 39.8 Å². The van der Waals surface area contributed by atoms with Gasteiger partial charge in [-0.2, -0.15) is 0 Å². The molecule has 2 heterocycles. The van der Waals surface area contributed by atoms with Crippen LogP contribution in [0.3, 0.4) is 0 Å². The zero-order chi connectivity index (χ0) is 18.5. The standard InChI is InChI=1S/C21H29N5O.HI/c1-22-21(23-15-18-7-4-6-17-5-2-3-8-20(17)18)26-12-10-25(11-13-26)16-19-9-14-27-24-19;/h2-3,5,8-9,14,18H,4,6-7,10-13,15-16H2,1H3,(H,22,23);1H. The molecule has 1 N–H and O–H groups in total. The Kier molecular flexibility index (Phi) is 7.73. The Hall–Kier alpha value is -1.61. The van der Waals surface area contributed by atoms with Crippen molar-refractivity contribution in [3.8, 4) is 0 Å². The number of nitrogens with zero attached hydrogens (tertiary/aromatic N) is 4. The second-order valence-corrected chi connectivity index (χ2v) is 7.47. The summed E-state index contributed by atoms with van der Waals surface area (Å²) in [6, 6.07) is 10.8. The first-order chi connectivity index (χ1) is 13.3. The van der Waals surface area contributed by atoms with Crippen LogP contribution in [0.15, 0.2) is 46.1 Å². The molecule has 1 fully saturated rings. The molecule has 1 saturated heterocycles. The number of benzene rings is 1. The average molecular weight is 495 g/mol. The summed E-state index contributed by atoms with van der Waals surface area (Å²) >= 11 is 0. The summed E-state index contributed by atoms with van der Waals surface area (Å²) in [5.74, 6) is 1.61. The number of guanidine groups is 1. The zero-order valence-corrected chi connectivity index (χ0v) is 18.8. The molecule has 28 heavy (non-hydrogen) atoms. The summed E-state index contributed by atoms with van der Waals surface area (Å²) in [6.45, 7) is 5.81. The van der Waals surface area contributed by atoms with Gasteiger partial charge in [-0.1, -0.05) is 29.4 Å². The summed E-state index contributed by atoms with van der Waals surface area (Å²) in [6.07, 6.45) is 5.39. The van der Waals surface area contributed by atoms with Crippen LogP contribution >= 0.6 is 24.0 Å². The number of aliphatic imine (C=N–C) groups is 1. The summed E-state index contributed by atoms with van der Waals surface area (Å²) in [7, 11) is 1.89. The van der Waals surface area contributed by atoms with Gasteiger partial charge in [0.05, 0.1) is 5.69 Å². The molecule has 1 aromatic carbocycles. The smallest absolute Gasteiger partial charge is 0.193 e. The van der Waals surface area contributed by atoms with E-state index in [4.69, 9.17) is 4.52 Å². The van der Waals surface area contributed by atoms with Crippen LogP contribution in [0.4, 0.5) is 0 Å². The summed E-state index contributed by atoms with van der Waals surface area (Å²) < 4.78 is 4.93. The molecule has 4 rings (SSSR count). The van der Waals surface area contributed by atoms with Gasteiger partial charge in [-0.15, -0.1) is 24.0 Å². The maximum Gasteiger partial charge on any atom is 0.193 e. The lowest BCUT2D eigenvalue weighted by atomic mass is 9.83. The minimum absolute atomic E-state index is 0. The van der Waals surface area contributed by atoms with E-state index in [1.165, 1.54) is 30.4 Å². The topological polar surface area (TPSA) is 56.9 Å². The predicted molar refractivity (Wildman–Crippen MR) is 122 cm³/mol. The van der Waals surface area contributed by atoms with Crippen molar-refractivity contribution in [2.24, 2.45) is 4.99 Å². The number of fused-ring (bicyclic) bond motifs is 1. The fourth-order valence-electron chi connectivity index (χ4n) is 4.28. The molecule has 6 nitrogen and oxygen atoms in total. The average Bonchev–Trinajstić information content (AvgIpc) is 3.23. The maximum atomic E-state index is 4.93. The highest BCUT2D eigenvalue weighted by Crippen LogP contribution is 2.30. The van der Waals surface area contributed by atoms with Gasteiger partial charge in [0, 0.05) is 58.3 Å². The minimum atomic E-state index is 0. The molecular weight excluding hydrogens is 465 g/mol. The van der Waals surface area contributed by atoms with E-state index >= 15 is 0 Å². The summed E-state index contributed by atoms with van der Waals surface area (Å²) in [4.78, 5) is 9.32. The number of halogens is 1. The Balaban J connectivity index is 0.00000225. The van der Waals surface area contributed by atoms with Gasteiger partial charge in [0.1, 0.15) is 6.26 Å². The molecule has 0 spiro atoms. The van der Waals surface area contributed by atoms with Crippen LogP contribution in [0.5, 0.6) is 0 Å². The van der Waals surface area contributed by atoms with E-state index in [0.717, 1.165) is 50.9 Å². The molecule has 1 unspecified atom stereocenters. The molecule has 1 aliphatic carbocycles. The van der Waals surface area contributed by atoms with Gasteiger partial charge in [0.2, 0.25) is 0 Å². The summed E-state index contributed by atoms with van der Waals surface area (Å²) in [5.41, 5.74) is 4.04. The van der Waals surface area contributed by atoms with Gasteiger partial charge in [-0.3, -0.25) is 9.89 Å². The van der Waals surface area contributed by atoms with Gasteiger partial charge in [-0.05, 0) is 30.4 Å². The molecule has 1 aromatic heterocycles. The van der Waals surface area contributed by atoms with Crippen molar-refractivity contribution >= 4 is 29.9 Å². The second-order valence-electron chi connectivity index (χ2n) is 7.47. The van der Waals surface area contributed by atoms with Crippen LogP contribution < -0.4 is 5.32 Å². The van der Waals surface area contributed by atoms with Crippen molar-refractivity contribution < 1.29 is 4.52 Å². The SMILES string of the molecule is CN=C(NCC1CCCc2ccccc21)N1CCN(Cc2ccon2)CC1.I. The van der Waals surface area contributed by atoms with E-state index in [1.54, 1.807) is 6.26 Å². The van der Waals surface area contributed by atoms with Gasteiger partial charge < -0.3 is 14.7 Å². The van der Waals surface area contributed by atoms with Crippen molar-refractivity contribution in [1.29, 1.82) is 0 Å². The Bertz CT molecular complexity index is 756. The predicted octanol–water partition coefficient (Wildman–Crippen LogP) is 3.11. The fourth-order valence-corrected chi connectivity index (χ4v) is 4.28. The molecule has 0 amide bonds. The lowest BCUT2D eigenvalue weighted by molar-refractivity contribution is 0.169. The zero-order valence-electron chi connectivity index (χ0n) is 16.5. The number of hydrogen-bond acceptors (Lipinski definition) is 4. The largest absolute Gasteiger partial charge is 0.364 e. The van der Waals surface area contributed by atoms with E-state index in [0.29, 0.717) is 5.92 Å². The number of nitrogens with one attached hydrogen (secondary N) is 1. The first-order valence-electron chi connectivity index (χ1n) is 9.98. The van der Waals surface area contributed by atoms with E-state index in [1.807, 2.05) is 13.1 Å². The van der Waals surface area contributed by atoms with E-state index in [-0.39, 0.29) is 24.0 Å². The molecule has 7 heteroatoms. The number of piperazine rings is 1. The Morgan fingerprint density at radius 3 is 2.79 bits per heavy atom. The lowest BCUT2D eigenvalue weighted by Crippen LogP contribution is -2.52. The molecule has 2 aromatic rings. The van der Waals surface area contributed by atoms with Crippen LogP contribution in [0.25, 0.3) is 0 Å². The van der Waals surface area contributed by atoms with Crippen LogP contribution in [0.2, 0.25) is 0 Å². The molecule has 1 aliphatic heterocycles. The number of rotatable bonds is 4. The molecule has 0 radical (unpaired) electrons. The quantitative estimate of drug-likeness (QED) is 0.402. The van der Waals surface area contributed by atoms with Gasteiger partial charge >= 0.3 is 0 Å². The highest BCUT2D eigenvalue weighted by Gasteiger charge is 2.23. The molecule has 152 valence electrons. The second kappa shape index (κ2) is 10.2. The van der Waals surface area contributed by atoms with Crippen LogP contribution in [0.1, 0.15) is 35.6 Å². The van der Waals surface area contributed by atoms with Crippen LogP contribution in [-0.2, 0) is 13.0 Å². The van der Waals surface area contributed by atoms with Crippen molar-refractivity contribution in [2.45, 2.75) is 31.7 Å². The van der Waals surface area contributed by atoms with E-state index in [2.05, 4.69) is 49.5 Å². The van der Waals surface area contributed by atoms with E-state index < -0.39 is 0 Å². The first kappa shape index (κ1) is 21.1. The highest BCUT2D eigenvalue weighted by atomic mass is 127. The lowest BCUT2D eigenvalue weighted by Gasteiger charge is -2.36. The molecule has 1 atom stereocenters. The monoisotopic (exact) mass is 495 g/mol. The number of aromatic nitrogens is 1. The molecule has 0 saturated carbocycles. The Morgan fingerprint density at radius 2 is 2.04 bits per heavy atom. The Labute approximate surface area is 184 Å². The van der Waals surface area contributed by atoms with Crippen LogP contribution in [0, 0.1) is 0 Å². The van der Waals surface area contributed by atoms with E-state index in [9.17, 15) is 0 Å². The fraction of sp³-hybridized carbons (Fsp3) is 0.524. The normalized spacial score (nSPS) is 20.4. The van der Waals surface area contributed by atoms with Crippen molar-refractivity contribution in [3.63, 3.8) is 0 Å². The van der Waals surface area contributed by atoms with Crippen molar-refractivity contribution in [1.82, 2.24) is 20.3 Å². The molecular formula is C21H30IN5O. The van der Waals surface area contributed by atoms with Crippen molar-refractivity contribution in [3.05, 3.63) is 53.4 Å². The third-order valence-electron chi connectivity index (χ3n) is 5.76. The first-order valence-corrected chi connectivity index (χ1v) is 9.98. The number of aryl methyl sites for hydroxylation is 1. The third kappa shape index (κ3) is 5.05. The Morgan fingerprint density at radius 1 is 1.21 bits per heavy atom. The number of hydrogen-bond donors (Lipinski definition) is 1. The van der Waals surface area contributed by atoms with Gasteiger partial charge in [0.15, 0.2) is 5.96 Å². The highest BCUT2D eigenvalue weighted by molar-refractivity contribution is 14.0. The van der Waals surface area contributed by atoms with Crippen LogP contribution in [-0.4, -0.2) is 60.7 Å². The maximum absolute atomic E-state index is 4.93. The van der Waals surface area contributed by atoms with Gasteiger partial charge in [0.25, 0.3) is 0 Å². The summed E-state index contributed by atoms with van der Waals surface area (Å²) in [5, 5.41) is 7.65.